The fourth-order valence-electron chi connectivity index (χ4n) is 2.04. The minimum Gasteiger partial charge on any atom is -0.496 e. The molecule has 18 heavy (non-hydrogen) atoms. The van der Waals surface area contributed by atoms with E-state index >= 15 is 0 Å². The third-order valence-electron chi connectivity index (χ3n) is 3.09. The Morgan fingerprint density at radius 1 is 1.11 bits per heavy atom. The van der Waals surface area contributed by atoms with Crippen LogP contribution in [0.15, 0.2) is 53.0 Å². The summed E-state index contributed by atoms with van der Waals surface area (Å²) in [5.41, 5.74) is 7.94. The molecule has 2 N–H and O–H groups in total. The molecule has 0 bridgehead atoms. The molecule has 0 aliphatic carbocycles. The molecule has 2 rings (SSSR count). The lowest BCUT2D eigenvalue weighted by atomic mass is 9.85. The molecular formula is C15H16BrNO. The van der Waals surface area contributed by atoms with Crippen LogP contribution in [0.5, 0.6) is 5.75 Å². The Bertz CT molecular complexity index is 552. The van der Waals surface area contributed by atoms with Gasteiger partial charge in [-0.2, -0.15) is 0 Å². The van der Waals surface area contributed by atoms with Crippen LogP contribution >= 0.6 is 15.9 Å². The van der Waals surface area contributed by atoms with Crippen molar-refractivity contribution in [1.29, 1.82) is 0 Å². The molecule has 0 saturated heterocycles. The summed E-state index contributed by atoms with van der Waals surface area (Å²) in [4.78, 5) is 0. The van der Waals surface area contributed by atoms with E-state index in [1.165, 1.54) is 0 Å². The number of hydrogen-bond acceptors (Lipinski definition) is 2. The van der Waals surface area contributed by atoms with Crippen molar-refractivity contribution < 1.29 is 4.74 Å². The highest BCUT2D eigenvalue weighted by atomic mass is 79.9. The molecule has 0 heterocycles. The first-order valence-corrected chi connectivity index (χ1v) is 6.53. The van der Waals surface area contributed by atoms with E-state index in [1.807, 2.05) is 55.5 Å². The van der Waals surface area contributed by atoms with E-state index in [0.717, 1.165) is 21.3 Å². The molecule has 0 amide bonds. The summed E-state index contributed by atoms with van der Waals surface area (Å²) >= 11 is 3.48. The zero-order valence-electron chi connectivity index (χ0n) is 10.5. The highest BCUT2D eigenvalue weighted by Crippen LogP contribution is 2.33. The minimum atomic E-state index is -0.587. The second kappa shape index (κ2) is 5.12. The molecule has 2 aromatic rings. The van der Waals surface area contributed by atoms with E-state index in [1.54, 1.807) is 7.11 Å². The SMILES string of the molecule is COc1ccccc1C(C)(N)c1cccc(Br)c1. The molecule has 0 radical (unpaired) electrons. The molecule has 2 aromatic carbocycles. The van der Waals surface area contributed by atoms with Crippen LogP contribution in [0.25, 0.3) is 0 Å². The molecule has 3 heteroatoms. The Hall–Kier alpha value is -1.32. The summed E-state index contributed by atoms with van der Waals surface area (Å²) in [6.45, 7) is 1.99. The Morgan fingerprint density at radius 2 is 1.83 bits per heavy atom. The first-order chi connectivity index (χ1) is 8.55. The lowest BCUT2D eigenvalue weighted by molar-refractivity contribution is 0.399. The first kappa shape index (κ1) is 13.1. The fourth-order valence-corrected chi connectivity index (χ4v) is 2.44. The number of nitrogens with two attached hydrogens (primary N) is 1. The van der Waals surface area contributed by atoms with Crippen LogP contribution in [0, 0.1) is 0 Å². The molecule has 0 fully saturated rings. The van der Waals surface area contributed by atoms with Crippen LogP contribution < -0.4 is 10.5 Å². The molecule has 0 aliphatic rings. The highest BCUT2D eigenvalue weighted by molar-refractivity contribution is 9.10. The lowest BCUT2D eigenvalue weighted by Gasteiger charge is -2.27. The fraction of sp³-hybridized carbons (Fsp3) is 0.200. The van der Waals surface area contributed by atoms with Crippen LogP contribution in [-0.4, -0.2) is 7.11 Å². The van der Waals surface area contributed by atoms with Gasteiger partial charge in [-0.25, -0.2) is 0 Å². The van der Waals surface area contributed by atoms with Gasteiger partial charge >= 0.3 is 0 Å². The summed E-state index contributed by atoms with van der Waals surface area (Å²) in [6.07, 6.45) is 0. The summed E-state index contributed by atoms with van der Waals surface area (Å²) in [5, 5.41) is 0. The number of rotatable bonds is 3. The van der Waals surface area contributed by atoms with Gasteiger partial charge in [0.2, 0.25) is 0 Å². The Labute approximate surface area is 116 Å². The predicted octanol–water partition coefficient (Wildman–Crippen LogP) is 3.68. The number of para-hydroxylation sites is 1. The van der Waals surface area contributed by atoms with Gasteiger partial charge in [-0.05, 0) is 30.7 Å². The first-order valence-electron chi connectivity index (χ1n) is 5.74. The van der Waals surface area contributed by atoms with Gasteiger partial charge in [0.05, 0.1) is 12.6 Å². The van der Waals surface area contributed by atoms with Crippen molar-refractivity contribution in [1.82, 2.24) is 0 Å². The van der Waals surface area contributed by atoms with Crippen molar-refractivity contribution in [2.75, 3.05) is 7.11 Å². The van der Waals surface area contributed by atoms with Crippen molar-refractivity contribution in [3.05, 3.63) is 64.1 Å². The monoisotopic (exact) mass is 305 g/mol. The van der Waals surface area contributed by atoms with Crippen LogP contribution in [0.3, 0.4) is 0 Å². The Kier molecular flexibility index (Phi) is 3.73. The van der Waals surface area contributed by atoms with E-state index in [2.05, 4.69) is 15.9 Å². The quantitative estimate of drug-likeness (QED) is 0.939. The van der Waals surface area contributed by atoms with Gasteiger partial charge in [-0.3, -0.25) is 0 Å². The zero-order valence-corrected chi connectivity index (χ0v) is 12.1. The van der Waals surface area contributed by atoms with E-state index in [4.69, 9.17) is 10.5 Å². The molecule has 94 valence electrons. The van der Waals surface area contributed by atoms with Gasteiger partial charge in [0, 0.05) is 10.0 Å². The molecule has 0 spiro atoms. The van der Waals surface area contributed by atoms with Gasteiger partial charge in [0.15, 0.2) is 0 Å². The standard InChI is InChI=1S/C15H16BrNO/c1-15(17,11-6-5-7-12(16)10-11)13-8-3-4-9-14(13)18-2/h3-10H,17H2,1-2H3. The maximum atomic E-state index is 6.50. The summed E-state index contributed by atoms with van der Waals surface area (Å²) in [5.74, 6) is 0.808. The van der Waals surface area contributed by atoms with Crippen LogP contribution in [0.1, 0.15) is 18.1 Å². The number of hydrogen-bond donors (Lipinski definition) is 1. The molecular weight excluding hydrogens is 290 g/mol. The normalized spacial score (nSPS) is 14.0. The van der Waals surface area contributed by atoms with E-state index in [-0.39, 0.29) is 0 Å². The highest BCUT2D eigenvalue weighted by Gasteiger charge is 2.26. The van der Waals surface area contributed by atoms with Crippen LogP contribution in [-0.2, 0) is 5.54 Å². The topological polar surface area (TPSA) is 35.2 Å². The number of ether oxygens (including phenoxy) is 1. The lowest BCUT2D eigenvalue weighted by Crippen LogP contribution is -2.34. The summed E-state index contributed by atoms with van der Waals surface area (Å²) in [7, 11) is 1.66. The van der Waals surface area contributed by atoms with Gasteiger partial charge in [0.25, 0.3) is 0 Å². The second-order valence-electron chi connectivity index (χ2n) is 4.41. The van der Waals surface area contributed by atoms with Crippen LogP contribution in [0.4, 0.5) is 0 Å². The summed E-state index contributed by atoms with van der Waals surface area (Å²) in [6, 6.07) is 15.9. The maximum absolute atomic E-state index is 6.50. The maximum Gasteiger partial charge on any atom is 0.124 e. The zero-order chi connectivity index (χ0) is 13.2. The second-order valence-corrected chi connectivity index (χ2v) is 5.33. The Morgan fingerprint density at radius 3 is 2.50 bits per heavy atom. The number of halogens is 1. The van der Waals surface area contributed by atoms with Crippen molar-refractivity contribution in [3.63, 3.8) is 0 Å². The minimum absolute atomic E-state index is 0.587. The molecule has 0 aromatic heterocycles. The van der Waals surface area contributed by atoms with Crippen molar-refractivity contribution in [2.24, 2.45) is 5.73 Å². The van der Waals surface area contributed by atoms with Gasteiger partial charge in [-0.15, -0.1) is 0 Å². The smallest absolute Gasteiger partial charge is 0.124 e. The molecule has 1 unspecified atom stereocenters. The Balaban J connectivity index is 2.54. The van der Waals surface area contributed by atoms with Gasteiger partial charge in [0.1, 0.15) is 5.75 Å². The molecule has 1 atom stereocenters. The van der Waals surface area contributed by atoms with Gasteiger partial charge < -0.3 is 10.5 Å². The van der Waals surface area contributed by atoms with Crippen LogP contribution in [0.2, 0.25) is 0 Å². The largest absolute Gasteiger partial charge is 0.496 e. The summed E-state index contributed by atoms with van der Waals surface area (Å²) < 4.78 is 6.41. The third kappa shape index (κ3) is 2.42. The van der Waals surface area contributed by atoms with E-state index < -0.39 is 5.54 Å². The molecule has 0 saturated carbocycles. The average Bonchev–Trinajstić information content (AvgIpc) is 2.38. The number of benzene rings is 2. The predicted molar refractivity (Wildman–Crippen MR) is 77.8 cm³/mol. The average molecular weight is 306 g/mol. The molecule has 0 aliphatic heterocycles. The third-order valence-corrected chi connectivity index (χ3v) is 3.58. The van der Waals surface area contributed by atoms with E-state index in [9.17, 15) is 0 Å². The number of methoxy groups -OCH3 is 1. The van der Waals surface area contributed by atoms with Crippen molar-refractivity contribution in [3.8, 4) is 5.75 Å². The van der Waals surface area contributed by atoms with Crippen molar-refractivity contribution in [2.45, 2.75) is 12.5 Å². The van der Waals surface area contributed by atoms with E-state index in [0.29, 0.717) is 0 Å². The van der Waals surface area contributed by atoms with Gasteiger partial charge in [-0.1, -0.05) is 46.3 Å². The van der Waals surface area contributed by atoms with Crippen molar-refractivity contribution >= 4 is 15.9 Å². The molecule has 2 nitrogen and oxygen atoms in total.